The number of halogens is 8. The van der Waals surface area contributed by atoms with Crippen LogP contribution in [0.15, 0.2) is 0 Å². The molecule has 4 N–H and O–H groups in total. The first-order valence-electron chi connectivity index (χ1n) is 3.06. The largest absolute Gasteiger partial charge is 2.00 e. The van der Waals surface area contributed by atoms with E-state index in [1.807, 2.05) is 0 Å². The molecule has 0 saturated heterocycles. The van der Waals surface area contributed by atoms with Gasteiger partial charge in [-0.15, -0.1) is 0 Å². The molecule has 0 aliphatic rings. The van der Waals surface area contributed by atoms with E-state index in [1.54, 1.807) is 0 Å². The molecule has 2 nitrogen and oxygen atoms in total. The van der Waals surface area contributed by atoms with Crippen LogP contribution in [0.1, 0.15) is 0 Å². The first-order valence-corrected chi connectivity index (χ1v) is 3.06. The third-order valence-electron chi connectivity index (χ3n) is 0.167. The molecular formula is C2H8B2CuF8N2. The summed E-state index contributed by atoms with van der Waals surface area (Å²) in [5, 5.41) is 0. The van der Waals surface area contributed by atoms with Crippen LogP contribution in [0.5, 0.6) is 0 Å². The predicted molar refractivity (Wildman–Crippen MR) is 38.5 cm³/mol. The third kappa shape index (κ3) is 1980. The van der Waals surface area contributed by atoms with Crippen molar-refractivity contribution < 1.29 is 51.6 Å². The van der Waals surface area contributed by atoms with E-state index in [9.17, 15) is 34.5 Å². The molecule has 0 saturated carbocycles. The zero-order valence-electron chi connectivity index (χ0n) is 7.05. The maximum atomic E-state index is 9.75. The minimum atomic E-state index is -6.00. The van der Waals surface area contributed by atoms with Crippen molar-refractivity contribution in [3.63, 3.8) is 0 Å². The summed E-state index contributed by atoms with van der Waals surface area (Å²) in [5.74, 6) is 0. The fourth-order valence-electron chi connectivity index (χ4n) is 0. The monoisotopic (exact) mass is 297 g/mol. The minimum Gasteiger partial charge on any atom is -0.418 e. The van der Waals surface area contributed by atoms with Gasteiger partial charge in [0, 0.05) is 13.1 Å². The van der Waals surface area contributed by atoms with Crippen LogP contribution in [-0.2, 0) is 17.1 Å². The SMILES string of the molecule is F[B-](F)(F)F.F[B-](F)(F)F.NCCN.[Cu+2]. The van der Waals surface area contributed by atoms with E-state index in [2.05, 4.69) is 0 Å². The number of hydrogen-bond acceptors (Lipinski definition) is 2. The number of hydrogen-bond donors (Lipinski definition) is 2. The van der Waals surface area contributed by atoms with E-state index in [0.717, 1.165) is 0 Å². The molecule has 15 heavy (non-hydrogen) atoms. The topological polar surface area (TPSA) is 52.0 Å². The molecule has 0 heterocycles. The molecule has 0 aliphatic carbocycles. The molecule has 13 heteroatoms. The van der Waals surface area contributed by atoms with Crippen LogP contribution < -0.4 is 11.5 Å². The molecule has 0 amide bonds. The van der Waals surface area contributed by atoms with Crippen molar-refractivity contribution in [2.24, 2.45) is 11.5 Å². The maximum absolute atomic E-state index is 9.75. The summed E-state index contributed by atoms with van der Waals surface area (Å²) >= 11 is 0. The van der Waals surface area contributed by atoms with Gasteiger partial charge in [-0.3, -0.25) is 0 Å². The van der Waals surface area contributed by atoms with E-state index in [-0.39, 0.29) is 17.1 Å². The molecule has 0 rings (SSSR count). The summed E-state index contributed by atoms with van der Waals surface area (Å²) in [4.78, 5) is 0. The smallest absolute Gasteiger partial charge is 0.418 e. The van der Waals surface area contributed by atoms with Gasteiger partial charge in [0.15, 0.2) is 0 Å². The Morgan fingerprint density at radius 3 is 0.667 bits per heavy atom. The molecule has 0 bridgehead atoms. The number of rotatable bonds is 1. The Labute approximate surface area is 91.4 Å². The predicted octanol–water partition coefficient (Wildman–Crippen LogP) is 1.50. The molecule has 0 aromatic carbocycles. The van der Waals surface area contributed by atoms with Gasteiger partial charge in [0.1, 0.15) is 0 Å². The Morgan fingerprint density at radius 1 is 0.600 bits per heavy atom. The van der Waals surface area contributed by atoms with Gasteiger partial charge in [-0.05, 0) is 0 Å². The van der Waals surface area contributed by atoms with Crippen molar-refractivity contribution >= 4 is 14.5 Å². The molecule has 1 radical (unpaired) electrons. The fourth-order valence-corrected chi connectivity index (χ4v) is 0. The Morgan fingerprint density at radius 2 is 0.667 bits per heavy atom. The second-order valence-corrected chi connectivity index (χ2v) is 1.57. The van der Waals surface area contributed by atoms with Crippen LogP contribution in [0.25, 0.3) is 0 Å². The molecule has 0 aromatic heterocycles. The van der Waals surface area contributed by atoms with Crippen LogP contribution >= 0.6 is 0 Å². The van der Waals surface area contributed by atoms with Crippen molar-refractivity contribution in [1.29, 1.82) is 0 Å². The van der Waals surface area contributed by atoms with Gasteiger partial charge < -0.3 is 46.0 Å². The first-order chi connectivity index (χ1) is 5.91. The third-order valence-corrected chi connectivity index (χ3v) is 0.167. The van der Waals surface area contributed by atoms with Gasteiger partial charge in [0.05, 0.1) is 0 Å². The van der Waals surface area contributed by atoms with Crippen LogP contribution in [0, 0.1) is 0 Å². The number of nitrogens with two attached hydrogens (primary N) is 2. The van der Waals surface area contributed by atoms with Crippen LogP contribution in [0.4, 0.5) is 34.5 Å². The van der Waals surface area contributed by atoms with E-state index >= 15 is 0 Å². The molecule has 0 fully saturated rings. The maximum Gasteiger partial charge on any atom is 2.00 e. The molecular weight excluding hydrogens is 289 g/mol. The van der Waals surface area contributed by atoms with Crippen molar-refractivity contribution in [3.8, 4) is 0 Å². The average molecular weight is 297 g/mol. The van der Waals surface area contributed by atoms with Crippen molar-refractivity contribution in [1.82, 2.24) is 0 Å². The quantitative estimate of drug-likeness (QED) is 0.569. The van der Waals surface area contributed by atoms with Gasteiger partial charge in [-0.25, -0.2) is 0 Å². The Kier molecular flexibility index (Phi) is 19.6. The molecule has 0 aliphatic heterocycles. The second kappa shape index (κ2) is 12.1. The van der Waals surface area contributed by atoms with Gasteiger partial charge in [-0.2, -0.15) is 0 Å². The zero-order valence-corrected chi connectivity index (χ0v) is 7.99. The van der Waals surface area contributed by atoms with Gasteiger partial charge in [0.2, 0.25) is 0 Å². The van der Waals surface area contributed by atoms with Crippen molar-refractivity contribution in [3.05, 3.63) is 0 Å². The van der Waals surface area contributed by atoms with Crippen molar-refractivity contribution in [2.45, 2.75) is 0 Å². The molecule has 0 aromatic rings. The molecule has 0 unspecified atom stereocenters. The van der Waals surface area contributed by atoms with E-state index in [4.69, 9.17) is 11.5 Å². The second-order valence-electron chi connectivity index (χ2n) is 1.57. The fraction of sp³-hybridized carbons (Fsp3) is 1.00. The molecule has 0 spiro atoms. The first kappa shape index (κ1) is 24.3. The van der Waals surface area contributed by atoms with Crippen molar-refractivity contribution in [2.75, 3.05) is 13.1 Å². The van der Waals surface area contributed by atoms with Gasteiger partial charge in [0.25, 0.3) is 0 Å². The van der Waals surface area contributed by atoms with E-state index in [0.29, 0.717) is 13.1 Å². The summed E-state index contributed by atoms with van der Waals surface area (Å²) in [7, 11) is -12.0. The Balaban J connectivity index is -0.0000000590. The van der Waals surface area contributed by atoms with Crippen LogP contribution in [0.3, 0.4) is 0 Å². The van der Waals surface area contributed by atoms with Gasteiger partial charge in [-0.1, -0.05) is 0 Å². The molecule has 99 valence electrons. The standard InChI is InChI=1S/C2H8N2.2BF4.Cu/c3-1-2-4;2*2-1(3,4)5;/h1-4H2;;;/q;2*-1;+2. The summed E-state index contributed by atoms with van der Waals surface area (Å²) in [6.07, 6.45) is 0. The molecule has 0 atom stereocenters. The van der Waals surface area contributed by atoms with Gasteiger partial charge >= 0.3 is 31.6 Å². The normalized spacial score (nSPS) is 10.0. The van der Waals surface area contributed by atoms with E-state index in [1.165, 1.54) is 0 Å². The summed E-state index contributed by atoms with van der Waals surface area (Å²) in [6.45, 7) is 1.19. The van der Waals surface area contributed by atoms with Crippen LogP contribution in [-0.4, -0.2) is 27.6 Å². The van der Waals surface area contributed by atoms with Crippen LogP contribution in [0.2, 0.25) is 0 Å². The Bertz CT molecular complexity index is 90.2. The zero-order chi connectivity index (χ0) is 12.4. The minimum absolute atomic E-state index is 0. The summed E-state index contributed by atoms with van der Waals surface area (Å²) in [6, 6.07) is 0. The van der Waals surface area contributed by atoms with E-state index < -0.39 is 14.5 Å². The Hall–Kier alpha value is 0.00935. The summed E-state index contributed by atoms with van der Waals surface area (Å²) < 4.78 is 78.0. The summed E-state index contributed by atoms with van der Waals surface area (Å²) in [5.41, 5.74) is 9.81. The average Bonchev–Trinajstić information content (AvgIpc) is 1.79.